The Labute approximate surface area is 160 Å². The molecule has 0 unspecified atom stereocenters. The van der Waals surface area contributed by atoms with Gasteiger partial charge < -0.3 is 5.32 Å². The first kappa shape index (κ1) is 19.0. The zero-order chi connectivity index (χ0) is 18.4. The van der Waals surface area contributed by atoms with Crippen LogP contribution in [0.4, 0.5) is 5.69 Å². The third-order valence-corrected chi connectivity index (χ3v) is 5.50. The Morgan fingerprint density at radius 2 is 1.77 bits per heavy atom. The van der Waals surface area contributed by atoms with Crippen molar-refractivity contribution in [3.05, 3.63) is 59.7 Å². The van der Waals surface area contributed by atoms with E-state index in [1.807, 2.05) is 30.5 Å². The quantitative estimate of drug-likeness (QED) is 0.791. The largest absolute Gasteiger partial charge is 0.324 e. The van der Waals surface area contributed by atoms with Crippen LogP contribution in [0.2, 0.25) is 0 Å². The fourth-order valence-corrected chi connectivity index (χ4v) is 3.87. The van der Waals surface area contributed by atoms with E-state index in [1.54, 1.807) is 11.8 Å². The van der Waals surface area contributed by atoms with Crippen LogP contribution in [0.15, 0.2) is 53.4 Å². The summed E-state index contributed by atoms with van der Waals surface area (Å²) in [6, 6.07) is 16.6. The Kier molecular flexibility index (Phi) is 6.72. The van der Waals surface area contributed by atoms with Crippen LogP contribution in [-0.2, 0) is 11.3 Å². The monoisotopic (exact) mass is 369 g/mol. The van der Waals surface area contributed by atoms with Crippen molar-refractivity contribution in [2.24, 2.45) is 0 Å². The van der Waals surface area contributed by atoms with Gasteiger partial charge in [0.25, 0.3) is 0 Å². The third-order valence-electron chi connectivity index (χ3n) is 4.70. The molecule has 1 N–H and O–H groups in total. The lowest BCUT2D eigenvalue weighted by atomic mass is 10.1. The maximum absolute atomic E-state index is 12.4. The Morgan fingerprint density at radius 1 is 1.04 bits per heavy atom. The van der Waals surface area contributed by atoms with E-state index in [-0.39, 0.29) is 5.91 Å². The van der Waals surface area contributed by atoms with E-state index in [9.17, 15) is 4.79 Å². The molecule has 1 heterocycles. The van der Waals surface area contributed by atoms with Gasteiger partial charge in [-0.05, 0) is 30.9 Å². The third kappa shape index (κ3) is 5.34. The summed E-state index contributed by atoms with van der Waals surface area (Å²) in [5, 5.41) is 3.05. The first-order chi connectivity index (χ1) is 12.6. The lowest BCUT2D eigenvalue weighted by Gasteiger charge is -2.34. The van der Waals surface area contributed by atoms with E-state index in [4.69, 9.17) is 0 Å². The van der Waals surface area contributed by atoms with Crippen LogP contribution in [-0.4, -0.2) is 54.7 Å². The molecule has 1 amide bonds. The van der Waals surface area contributed by atoms with Crippen LogP contribution in [0.25, 0.3) is 0 Å². The standard InChI is InChI=1S/C21H27N3OS/c1-17-6-5-7-18(14-17)15-23-10-12-24(13-11-23)16-21(25)22-19-8-3-4-9-20(19)26-2/h3-9,14H,10-13,15-16H2,1-2H3,(H,22,25). The van der Waals surface area contributed by atoms with Crippen LogP contribution in [0, 0.1) is 6.92 Å². The van der Waals surface area contributed by atoms with Crippen molar-refractivity contribution in [2.45, 2.75) is 18.4 Å². The summed E-state index contributed by atoms with van der Waals surface area (Å²) >= 11 is 1.65. The number of nitrogens with one attached hydrogen (secondary N) is 1. The second kappa shape index (κ2) is 9.21. The van der Waals surface area contributed by atoms with Gasteiger partial charge in [0.2, 0.25) is 5.91 Å². The number of anilines is 1. The molecule has 0 bridgehead atoms. The number of para-hydroxylation sites is 1. The van der Waals surface area contributed by atoms with Crippen molar-refractivity contribution in [3.8, 4) is 0 Å². The van der Waals surface area contributed by atoms with E-state index in [0.29, 0.717) is 6.54 Å². The van der Waals surface area contributed by atoms with Gasteiger partial charge in [-0.1, -0.05) is 42.0 Å². The summed E-state index contributed by atoms with van der Waals surface area (Å²) in [7, 11) is 0. The van der Waals surface area contributed by atoms with Gasteiger partial charge in [-0.3, -0.25) is 14.6 Å². The smallest absolute Gasteiger partial charge is 0.238 e. The van der Waals surface area contributed by atoms with E-state index in [0.717, 1.165) is 43.3 Å². The zero-order valence-corrected chi connectivity index (χ0v) is 16.4. The van der Waals surface area contributed by atoms with Gasteiger partial charge in [0.1, 0.15) is 0 Å². The predicted molar refractivity (Wildman–Crippen MR) is 110 cm³/mol. The van der Waals surface area contributed by atoms with Gasteiger partial charge in [0.05, 0.1) is 12.2 Å². The molecular weight excluding hydrogens is 342 g/mol. The number of rotatable bonds is 6. The van der Waals surface area contributed by atoms with Gasteiger partial charge in [-0.15, -0.1) is 11.8 Å². The van der Waals surface area contributed by atoms with Crippen molar-refractivity contribution in [2.75, 3.05) is 44.3 Å². The SMILES string of the molecule is CSc1ccccc1NC(=O)CN1CCN(Cc2cccc(C)c2)CC1. The molecule has 0 spiro atoms. The molecule has 0 atom stereocenters. The molecule has 0 aromatic heterocycles. The minimum absolute atomic E-state index is 0.0682. The van der Waals surface area contributed by atoms with Crippen LogP contribution in [0.3, 0.4) is 0 Å². The van der Waals surface area contributed by atoms with Gasteiger partial charge in [0.15, 0.2) is 0 Å². The number of amides is 1. The van der Waals surface area contributed by atoms with Gasteiger partial charge >= 0.3 is 0 Å². The molecule has 5 heteroatoms. The van der Waals surface area contributed by atoms with Crippen molar-refractivity contribution < 1.29 is 4.79 Å². The number of thioether (sulfide) groups is 1. The Balaban J connectivity index is 1.45. The molecule has 1 saturated heterocycles. The van der Waals surface area contributed by atoms with E-state index < -0.39 is 0 Å². The number of nitrogens with zero attached hydrogens (tertiary/aromatic N) is 2. The molecule has 3 rings (SSSR count). The highest BCUT2D eigenvalue weighted by Crippen LogP contribution is 2.24. The fraction of sp³-hybridized carbons (Fsp3) is 0.381. The minimum atomic E-state index is 0.0682. The number of piperazine rings is 1. The summed E-state index contributed by atoms with van der Waals surface area (Å²) in [5.41, 5.74) is 3.58. The number of aryl methyl sites for hydroxylation is 1. The summed E-state index contributed by atoms with van der Waals surface area (Å²) in [4.78, 5) is 18.2. The number of hydrogen-bond acceptors (Lipinski definition) is 4. The molecule has 1 fully saturated rings. The first-order valence-corrected chi connectivity index (χ1v) is 10.3. The highest BCUT2D eigenvalue weighted by molar-refractivity contribution is 7.98. The highest BCUT2D eigenvalue weighted by atomic mass is 32.2. The normalized spacial score (nSPS) is 15.8. The molecule has 1 aliphatic heterocycles. The van der Waals surface area contributed by atoms with Gasteiger partial charge in [-0.2, -0.15) is 0 Å². The lowest BCUT2D eigenvalue weighted by Crippen LogP contribution is -2.48. The fourth-order valence-electron chi connectivity index (χ4n) is 3.31. The molecule has 138 valence electrons. The molecule has 0 saturated carbocycles. The average Bonchev–Trinajstić information content (AvgIpc) is 2.64. The summed E-state index contributed by atoms with van der Waals surface area (Å²) in [5.74, 6) is 0.0682. The van der Waals surface area contributed by atoms with E-state index in [1.165, 1.54) is 11.1 Å². The zero-order valence-electron chi connectivity index (χ0n) is 15.6. The molecule has 2 aromatic carbocycles. The number of hydrogen-bond donors (Lipinski definition) is 1. The number of benzene rings is 2. The summed E-state index contributed by atoms with van der Waals surface area (Å²) < 4.78 is 0. The predicted octanol–water partition coefficient (Wildman–Crippen LogP) is 3.47. The average molecular weight is 370 g/mol. The molecule has 4 nitrogen and oxygen atoms in total. The Bertz CT molecular complexity index is 742. The van der Waals surface area contributed by atoms with Gasteiger partial charge in [0, 0.05) is 37.6 Å². The maximum atomic E-state index is 12.4. The number of carbonyl (C=O) groups excluding carboxylic acids is 1. The maximum Gasteiger partial charge on any atom is 0.238 e. The molecule has 0 radical (unpaired) electrons. The lowest BCUT2D eigenvalue weighted by molar-refractivity contribution is -0.117. The van der Waals surface area contributed by atoms with E-state index >= 15 is 0 Å². The first-order valence-electron chi connectivity index (χ1n) is 9.07. The molecular formula is C21H27N3OS. The molecule has 2 aromatic rings. The number of carbonyl (C=O) groups is 1. The second-order valence-electron chi connectivity index (χ2n) is 6.79. The van der Waals surface area contributed by atoms with Crippen LogP contribution in [0.1, 0.15) is 11.1 Å². The van der Waals surface area contributed by atoms with Gasteiger partial charge in [-0.25, -0.2) is 0 Å². The van der Waals surface area contributed by atoms with Crippen LogP contribution >= 0.6 is 11.8 Å². The van der Waals surface area contributed by atoms with Crippen molar-refractivity contribution >= 4 is 23.4 Å². The van der Waals surface area contributed by atoms with E-state index in [2.05, 4.69) is 46.3 Å². The Hall–Kier alpha value is -1.82. The Morgan fingerprint density at radius 3 is 2.50 bits per heavy atom. The second-order valence-corrected chi connectivity index (χ2v) is 7.64. The molecule has 0 aliphatic carbocycles. The minimum Gasteiger partial charge on any atom is -0.324 e. The van der Waals surface area contributed by atoms with Crippen molar-refractivity contribution in [1.82, 2.24) is 9.80 Å². The summed E-state index contributed by atoms with van der Waals surface area (Å²) in [6.07, 6.45) is 2.03. The van der Waals surface area contributed by atoms with Crippen molar-refractivity contribution in [3.63, 3.8) is 0 Å². The van der Waals surface area contributed by atoms with Crippen LogP contribution in [0.5, 0.6) is 0 Å². The summed E-state index contributed by atoms with van der Waals surface area (Å²) in [6.45, 7) is 7.46. The molecule has 26 heavy (non-hydrogen) atoms. The van der Waals surface area contributed by atoms with Crippen LogP contribution < -0.4 is 5.32 Å². The molecule has 1 aliphatic rings. The van der Waals surface area contributed by atoms with Crippen molar-refractivity contribution in [1.29, 1.82) is 0 Å². The highest BCUT2D eigenvalue weighted by Gasteiger charge is 2.19. The topological polar surface area (TPSA) is 35.6 Å².